The van der Waals surface area contributed by atoms with E-state index in [1.807, 2.05) is 0 Å². The third-order valence-corrected chi connectivity index (χ3v) is 4.82. The van der Waals surface area contributed by atoms with Crippen LogP contribution in [-0.2, 0) is 9.84 Å². The zero-order valence-corrected chi connectivity index (χ0v) is 9.66. The average Bonchev–Trinajstić information content (AvgIpc) is 2.49. The minimum Gasteiger partial charge on any atom is -0.508 e. The highest BCUT2D eigenvalue weighted by atomic mass is 32.2. The predicted octanol–water partition coefficient (Wildman–Crippen LogP) is 1.12. The van der Waals surface area contributed by atoms with Crippen molar-refractivity contribution in [2.45, 2.75) is 11.8 Å². The number of hydrogen-bond donors (Lipinski definition) is 2. The molecule has 0 amide bonds. The summed E-state index contributed by atoms with van der Waals surface area (Å²) in [7, 11) is -3.40. The van der Waals surface area contributed by atoms with Crippen LogP contribution in [0.3, 0.4) is 0 Å². The van der Waals surface area contributed by atoms with E-state index in [0.717, 1.165) is 0 Å². The van der Waals surface area contributed by atoms with E-state index in [2.05, 4.69) is 0 Å². The third-order valence-electron chi connectivity index (χ3n) is 2.73. The zero-order chi connectivity index (χ0) is 11.9. The van der Waals surface area contributed by atoms with Crippen LogP contribution in [0, 0.1) is 5.92 Å². The van der Waals surface area contributed by atoms with Crippen molar-refractivity contribution in [2.24, 2.45) is 11.7 Å². The van der Waals surface area contributed by atoms with E-state index in [1.54, 1.807) is 13.0 Å². The topological polar surface area (TPSA) is 80.4 Å². The van der Waals surface area contributed by atoms with Crippen molar-refractivity contribution in [3.8, 4) is 5.75 Å². The molecule has 1 aliphatic rings. The highest BCUT2D eigenvalue weighted by Crippen LogP contribution is 2.37. The molecular weight excluding hydrogens is 226 g/mol. The number of rotatable bonds is 2. The number of sulfone groups is 1. The Morgan fingerprint density at radius 1 is 1.44 bits per heavy atom. The van der Waals surface area contributed by atoms with Crippen molar-refractivity contribution >= 4 is 15.9 Å². The van der Waals surface area contributed by atoms with Gasteiger partial charge < -0.3 is 10.8 Å². The molecular formula is C11H13NO3S. The molecule has 0 spiro atoms. The second kappa shape index (κ2) is 3.61. The molecule has 0 saturated carbocycles. The molecule has 2 rings (SSSR count). The van der Waals surface area contributed by atoms with Crippen LogP contribution in [0.4, 0.5) is 0 Å². The molecule has 0 aliphatic carbocycles. The van der Waals surface area contributed by atoms with Crippen LogP contribution in [0.1, 0.15) is 12.5 Å². The van der Waals surface area contributed by atoms with Crippen LogP contribution < -0.4 is 5.73 Å². The minimum absolute atomic E-state index is 0.0619. The SMILES string of the molecule is CC(CN)C1=Cc2cc(O)ccc2S1(=O)=O. The monoisotopic (exact) mass is 239 g/mol. The Bertz CT molecular complexity index is 561. The van der Waals surface area contributed by atoms with Gasteiger partial charge in [0.2, 0.25) is 9.84 Å². The Morgan fingerprint density at radius 3 is 2.75 bits per heavy atom. The molecule has 0 aromatic heterocycles. The number of benzene rings is 1. The van der Waals surface area contributed by atoms with Crippen LogP contribution in [0.5, 0.6) is 5.75 Å². The Morgan fingerprint density at radius 2 is 2.12 bits per heavy atom. The summed E-state index contributed by atoms with van der Waals surface area (Å²) in [5.74, 6) is -0.147. The van der Waals surface area contributed by atoms with Crippen LogP contribution in [0.2, 0.25) is 0 Å². The number of hydrogen-bond acceptors (Lipinski definition) is 4. The zero-order valence-electron chi connectivity index (χ0n) is 8.84. The highest BCUT2D eigenvalue weighted by Gasteiger charge is 2.32. The summed E-state index contributed by atoms with van der Waals surface area (Å²) in [6.45, 7) is 2.06. The van der Waals surface area contributed by atoms with E-state index in [9.17, 15) is 13.5 Å². The summed E-state index contributed by atoms with van der Waals surface area (Å²) in [4.78, 5) is 0.580. The molecule has 1 aliphatic heterocycles. The van der Waals surface area contributed by atoms with Crippen molar-refractivity contribution in [2.75, 3.05) is 6.54 Å². The Balaban J connectivity index is 2.61. The Labute approximate surface area is 94.3 Å². The molecule has 1 atom stereocenters. The summed E-state index contributed by atoms with van der Waals surface area (Å²) >= 11 is 0. The number of phenolic OH excluding ortho intramolecular Hbond substituents is 1. The van der Waals surface area contributed by atoms with Gasteiger partial charge in [-0.3, -0.25) is 0 Å². The quantitative estimate of drug-likeness (QED) is 0.810. The van der Waals surface area contributed by atoms with Gasteiger partial charge in [0.05, 0.1) is 9.80 Å². The van der Waals surface area contributed by atoms with Gasteiger partial charge in [-0.25, -0.2) is 8.42 Å². The number of fused-ring (bicyclic) bond motifs is 1. The largest absolute Gasteiger partial charge is 0.508 e. The maximum Gasteiger partial charge on any atom is 0.203 e. The van der Waals surface area contributed by atoms with Gasteiger partial charge in [0.25, 0.3) is 0 Å². The first kappa shape index (κ1) is 11.2. The maximum atomic E-state index is 12.1. The lowest BCUT2D eigenvalue weighted by Crippen LogP contribution is -2.17. The molecule has 0 radical (unpaired) electrons. The summed E-state index contributed by atoms with van der Waals surface area (Å²) < 4.78 is 24.2. The fourth-order valence-corrected chi connectivity index (χ4v) is 3.61. The molecule has 16 heavy (non-hydrogen) atoms. The van der Waals surface area contributed by atoms with Gasteiger partial charge in [-0.05, 0) is 36.4 Å². The second-order valence-electron chi connectivity index (χ2n) is 3.91. The third kappa shape index (κ3) is 1.52. The molecule has 1 aromatic rings. The fraction of sp³-hybridized carbons (Fsp3) is 0.273. The molecule has 1 unspecified atom stereocenters. The molecule has 4 nitrogen and oxygen atoms in total. The van der Waals surface area contributed by atoms with Crippen molar-refractivity contribution in [1.29, 1.82) is 0 Å². The van der Waals surface area contributed by atoms with E-state index in [1.165, 1.54) is 18.2 Å². The molecule has 0 bridgehead atoms. The van der Waals surface area contributed by atoms with Crippen LogP contribution in [-0.4, -0.2) is 20.1 Å². The molecule has 86 valence electrons. The van der Waals surface area contributed by atoms with Crippen LogP contribution in [0.15, 0.2) is 28.0 Å². The maximum absolute atomic E-state index is 12.1. The lowest BCUT2D eigenvalue weighted by atomic mass is 10.1. The first-order valence-corrected chi connectivity index (χ1v) is 6.45. The average molecular weight is 239 g/mol. The summed E-state index contributed by atoms with van der Waals surface area (Å²) in [6, 6.07) is 4.25. The molecule has 3 N–H and O–H groups in total. The first-order valence-electron chi connectivity index (χ1n) is 4.96. The normalized spacial score (nSPS) is 19.0. The lowest BCUT2D eigenvalue weighted by molar-refractivity contribution is 0.474. The first-order chi connectivity index (χ1) is 7.46. The van der Waals surface area contributed by atoms with Crippen molar-refractivity contribution in [3.05, 3.63) is 28.7 Å². The molecule has 0 fully saturated rings. The van der Waals surface area contributed by atoms with E-state index < -0.39 is 9.84 Å². The predicted molar refractivity (Wildman–Crippen MR) is 61.5 cm³/mol. The number of nitrogens with two attached hydrogens (primary N) is 1. The second-order valence-corrected chi connectivity index (χ2v) is 5.83. The van der Waals surface area contributed by atoms with Gasteiger partial charge in [-0.2, -0.15) is 0 Å². The molecule has 1 aromatic carbocycles. The van der Waals surface area contributed by atoms with E-state index in [4.69, 9.17) is 5.73 Å². The lowest BCUT2D eigenvalue weighted by Gasteiger charge is -2.09. The minimum atomic E-state index is -3.40. The van der Waals surface area contributed by atoms with Crippen molar-refractivity contribution < 1.29 is 13.5 Å². The molecule has 5 heteroatoms. The smallest absolute Gasteiger partial charge is 0.203 e. The van der Waals surface area contributed by atoms with Gasteiger partial charge in [0.15, 0.2) is 0 Å². The van der Waals surface area contributed by atoms with Gasteiger partial charge in [-0.15, -0.1) is 0 Å². The summed E-state index contributed by atoms with van der Waals surface area (Å²) in [6.07, 6.45) is 1.59. The van der Waals surface area contributed by atoms with Gasteiger partial charge >= 0.3 is 0 Å². The van der Waals surface area contributed by atoms with Gasteiger partial charge in [0, 0.05) is 5.92 Å². The number of phenols is 1. The van der Waals surface area contributed by atoms with E-state index in [0.29, 0.717) is 10.5 Å². The van der Waals surface area contributed by atoms with Crippen molar-refractivity contribution in [3.63, 3.8) is 0 Å². The summed E-state index contributed by atoms with van der Waals surface area (Å²) in [5, 5.41) is 9.30. The fourth-order valence-electron chi connectivity index (χ4n) is 1.77. The van der Waals surface area contributed by atoms with E-state index >= 15 is 0 Å². The van der Waals surface area contributed by atoms with Crippen molar-refractivity contribution in [1.82, 2.24) is 0 Å². The highest BCUT2D eigenvalue weighted by molar-refractivity contribution is 7.95. The van der Waals surface area contributed by atoms with E-state index in [-0.39, 0.29) is 23.1 Å². The van der Waals surface area contributed by atoms with Gasteiger partial charge in [0.1, 0.15) is 5.75 Å². The van der Waals surface area contributed by atoms with Crippen LogP contribution in [0.25, 0.3) is 6.08 Å². The van der Waals surface area contributed by atoms with Gasteiger partial charge in [-0.1, -0.05) is 6.92 Å². The number of aromatic hydroxyl groups is 1. The Kier molecular flexibility index (Phi) is 2.52. The molecule has 1 heterocycles. The summed E-state index contributed by atoms with van der Waals surface area (Å²) in [5.41, 5.74) is 6.02. The standard InChI is InChI=1S/C11H13NO3S/c1-7(6-12)11-5-8-4-9(13)2-3-10(8)16(11,14)15/h2-5,7,13H,6,12H2,1H3. The Hall–Kier alpha value is -1.33. The van der Waals surface area contributed by atoms with Crippen LogP contribution >= 0.6 is 0 Å². The molecule has 0 saturated heterocycles.